The van der Waals surface area contributed by atoms with Crippen LogP contribution < -0.4 is 5.73 Å². The van der Waals surface area contributed by atoms with E-state index in [1.165, 1.54) is 0 Å². The third-order valence-corrected chi connectivity index (χ3v) is 7.25. The quantitative estimate of drug-likeness (QED) is 0.759. The van der Waals surface area contributed by atoms with Gasteiger partial charge in [0.05, 0.1) is 16.2 Å². The summed E-state index contributed by atoms with van der Waals surface area (Å²) in [6.45, 7) is 1.95. The number of amides is 1. The Hall–Kier alpha value is -2.42. The third kappa shape index (κ3) is 4.77. The summed E-state index contributed by atoms with van der Waals surface area (Å²) >= 11 is 0. The zero-order chi connectivity index (χ0) is 21.4. The normalized spacial score (nSPS) is 20.0. The molecule has 1 aromatic carbocycles. The number of benzene rings is 1. The van der Waals surface area contributed by atoms with Gasteiger partial charge in [0.25, 0.3) is 5.91 Å². The van der Waals surface area contributed by atoms with Crippen molar-refractivity contribution in [2.24, 2.45) is 17.6 Å². The first-order chi connectivity index (χ1) is 13.5. The second kappa shape index (κ2) is 7.78. The molecule has 0 saturated carbocycles. The van der Waals surface area contributed by atoms with Crippen LogP contribution >= 0.6 is 0 Å². The number of carbonyl (C=O) groups is 1. The van der Waals surface area contributed by atoms with Crippen LogP contribution in [-0.2, 0) is 28.9 Å². The maximum Gasteiger partial charge on any atom is 0.416 e. The Morgan fingerprint density at radius 2 is 1.83 bits per heavy atom. The molecule has 1 aliphatic carbocycles. The molecule has 29 heavy (non-hydrogen) atoms. The third-order valence-electron chi connectivity index (χ3n) is 5.39. The molecule has 9 heteroatoms. The molecular weight excluding hydrogens is 405 g/mol. The van der Waals surface area contributed by atoms with E-state index in [9.17, 15) is 26.4 Å². The van der Waals surface area contributed by atoms with Crippen molar-refractivity contribution in [3.8, 4) is 0 Å². The average Bonchev–Trinajstić information content (AvgIpc) is 2.79. The van der Waals surface area contributed by atoms with E-state index in [-0.39, 0.29) is 28.2 Å². The van der Waals surface area contributed by atoms with E-state index in [0.717, 1.165) is 35.5 Å². The maximum atomic E-state index is 12.8. The maximum absolute atomic E-state index is 12.8. The van der Waals surface area contributed by atoms with Crippen molar-refractivity contribution < 1.29 is 26.4 Å². The van der Waals surface area contributed by atoms with Crippen LogP contribution in [0.2, 0.25) is 0 Å². The lowest BCUT2D eigenvalue weighted by atomic mass is 9.90. The first-order valence-corrected chi connectivity index (χ1v) is 10.8. The van der Waals surface area contributed by atoms with Crippen LogP contribution in [0.4, 0.5) is 13.2 Å². The molecule has 2 unspecified atom stereocenters. The number of alkyl halides is 3. The minimum atomic E-state index is -4.51. The Labute approximate surface area is 167 Å². The van der Waals surface area contributed by atoms with Crippen molar-refractivity contribution in [3.05, 3.63) is 58.9 Å². The van der Waals surface area contributed by atoms with Gasteiger partial charge in [-0.15, -0.1) is 0 Å². The van der Waals surface area contributed by atoms with E-state index in [1.54, 1.807) is 12.1 Å². The molecule has 0 spiro atoms. The molecule has 0 saturated heterocycles. The average molecular weight is 426 g/mol. The van der Waals surface area contributed by atoms with Gasteiger partial charge in [0.1, 0.15) is 5.69 Å². The summed E-state index contributed by atoms with van der Waals surface area (Å²) in [5.74, 6) is -0.933. The molecule has 0 bridgehead atoms. The van der Waals surface area contributed by atoms with Gasteiger partial charge in [-0.05, 0) is 67.0 Å². The van der Waals surface area contributed by atoms with Gasteiger partial charge in [-0.25, -0.2) is 13.4 Å². The van der Waals surface area contributed by atoms with Gasteiger partial charge in [0.15, 0.2) is 9.84 Å². The highest BCUT2D eigenvalue weighted by Gasteiger charge is 2.32. The highest BCUT2D eigenvalue weighted by atomic mass is 32.2. The van der Waals surface area contributed by atoms with Crippen LogP contribution in [0.5, 0.6) is 0 Å². The predicted molar refractivity (Wildman–Crippen MR) is 101 cm³/mol. The van der Waals surface area contributed by atoms with Gasteiger partial charge < -0.3 is 5.73 Å². The molecule has 2 N–H and O–H groups in total. The van der Waals surface area contributed by atoms with Crippen molar-refractivity contribution >= 4 is 15.7 Å². The van der Waals surface area contributed by atoms with Crippen LogP contribution in [0.1, 0.15) is 40.7 Å². The van der Waals surface area contributed by atoms with E-state index in [0.29, 0.717) is 19.3 Å². The number of hydrogen-bond donors (Lipinski definition) is 1. The number of aryl methyl sites for hydroxylation is 1. The number of hydrogen-bond acceptors (Lipinski definition) is 4. The minimum Gasteiger partial charge on any atom is -0.364 e. The molecule has 5 nitrogen and oxygen atoms in total. The minimum absolute atomic E-state index is 0.0294. The molecule has 0 fully saturated rings. The Morgan fingerprint density at radius 1 is 1.17 bits per heavy atom. The first-order valence-electron chi connectivity index (χ1n) is 9.16. The van der Waals surface area contributed by atoms with Crippen LogP contribution in [0.3, 0.4) is 0 Å². The summed E-state index contributed by atoms with van der Waals surface area (Å²) in [6, 6.07) is 6.95. The summed E-state index contributed by atoms with van der Waals surface area (Å²) < 4.78 is 63.7. The van der Waals surface area contributed by atoms with Gasteiger partial charge in [0, 0.05) is 5.69 Å². The molecule has 2 atom stereocenters. The second-order valence-electron chi connectivity index (χ2n) is 7.45. The number of sulfone groups is 1. The van der Waals surface area contributed by atoms with Gasteiger partial charge in [-0.3, -0.25) is 4.79 Å². The number of fused-ring (bicyclic) bond motifs is 1. The number of carbonyl (C=O) groups excluding carboxylic acids is 1. The standard InChI is InChI=1S/C20H21F3N2O3S/c1-12-10-13-2-9-18(19(24)26)25-17(13)8-3-14(12)11-29(27,28)16-6-4-15(5-7-16)20(21,22)23/h2,4-7,9,12,14H,3,8,10-11H2,1H3,(H2,24,26). The number of aromatic nitrogens is 1. The van der Waals surface area contributed by atoms with Gasteiger partial charge in [0.2, 0.25) is 0 Å². The number of nitrogens with zero attached hydrogens (tertiary/aromatic N) is 1. The Balaban J connectivity index is 1.78. The molecule has 1 aromatic heterocycles. The Kier molecular flexibility index (Phi) is 5.71. The van der Waals surface area contributed by atoms with E-state index in [4.69, 9.17) is 5.73 Å². The van der Waals surface area contributed by atoms with Gasteiger partial charge in [-0.2, -0.15) is 13.2 Å². The van der Waals surface area contributed by atoms with Gasteiger partial charge >= 0.3 is 6.18 Å². The molecule has 2 aromatic rings. The van der Waals surface area contributed by atoms with Gasteiger partial charge in [-0.1, -0.05) is 13.0 Å². The lowest BCUT2D eigenvalue weighted by Gasteiger charge is -2.21. The highest BCUT2D eigenvalue weighted by Crippen LogP contribution is 2.33. The van der Waals surface area contributed by atoms with Crippen LogP contribution in [0.25, 0.3) is 0 Å². The molecule has 0 aliphatic heterocycles. The van der Waals surface area contributed by atoms with Crippen molar-refractivity contribution in [1.82, 2.24) is 4.98 Å². The van der Waals surface area contributed by atoms with E-state index in [2.05, 4.69) is 4.98 Å². The topological polar surface area (TPSA) is 90.1 Å². The second-order valence-corrected chi connectivity index (χ2v) is 9.48. The fourth-order valence-corrected chi connectivity index (χ4v) is 5.47. The predicted octanol–water partition coefficient (Wildman–Crippen LogP) is 3.41. The molecule has 0 radical (unpaired) electrons. The molecule has 3 rings (SSSR count). The Bertz CT molecular complexity index is 1020. The number of halogens is 3. The van der Waals surface area contributed by atoms with Crippen LogP contribution in [0, 0.1) is 11.8 Å². The molecule has 1 aliphatic rings. The molecule has 1 heterocycles. The number of nitrogens with two attached hydrogens (primary N) is 1. The van der Waals surface area contributed by atoms with Crippen molar-refractivity contribution in [1.29, 1.82) is 0 Å². The summed E-state index contributed by atoms with van der Waals surface area (Å²) in [6.07, 6.45) is -2.85. The van der Waals surface area contributed by atoms with E-state index < -0.39 is 27.5 Å². The zero-order valence-corrected chi connectivity index (χ0v) is 16.6. The zero-order valence-electron chi connectivity index (χ0n) is 15.7. The fraction of sp³-hybridized carbons (Fsp3) is 0.400. The SMILES string of the molecule is CC1Cc2ccc(C(N)=O)nc2CCC1CS(=O)(=O)c1ccc(C(F)(F)F)cc1. The summed E-state index contributed by atoms with van der Waals surface area (Å²) in [7, 11) is -3.74. The smallest absolute Gasteiger partial charge is 0.364 e. The summed E-state index contributed by atoms with van der Waals surface area (Å²) in [5, 5.41) is 0. The van der Waals surface area contributed by atoms with Crippen LogP contribution in [-0.4, -0.2) is 25.1 Å². The monoisotopic (exact) mass is 426 g/mol. The number of primary amides is 1. The van der Waals surface area contributed by atoms with Crippen LogP contribution in [0.15, 0.2) is 41.3 Å². The lowest BCUT2D eigenvalue weighted by Crippen LogP contribution is -2.23. The first kappa shape index (κ1) is 21.3. The summed E-state index contributed by atoms with van der Waals surface area (Å²) in [5.41, 5.74) is 6.26. The van der Waals surface area contributed by atoms with Crippen molar-refractivity contribution in [2.45, 2.75) is 37.3 Å². The lowest BCUT2D eigenvalue weighted by molar-refractivity contribution is -0.137. The number of pyridine rings is 1. The number of rotatable bonds is 4. The van der Waals surface area contributed by atoms with E-state index >= 15 is 0 Å². The molecular formula is C20H21F3N2O3S. The van der Waals surface area contributed by atoms with Crippen molar-refractivity contribution in [2.75, 3.05) is 5.75 Å². The Morgan fingerprint density at radius 3 is 2.41 bits per heavy atom. The van der Waals surface area contributed by atoms with E-state index in [1.807, 2.05) is 6.92 Å². The van der Waals surface area contributed by atoms with Crippen molar-refractivity contribution in [3.63, 3.8) is 0 Å². The largest absolute Gasteiger partial charge is 0.416 e. The molecule has 156 valence electrons. The molecule has 1 amide bonds. The fourth-order valence-electron chi connectivity index (χ4n) is 3.67. The highest BCUT2D eigenvalue weighted by molar-refractivity contribution is 7.91. The summed E-state index contributed by atoms with van der Waals surface area (Å²) in [4.78, 5) is 15.5.